The first-order valence-corrected chi connectivity index (χ1v) is 7.47. The molecule has 1 aliphatic heterocycles. The van der Waals surface area contributed by atoms with Crippen LogP contribution in [0.4, 0.5) is 0 Å². The van der Waals surface area contributed by atoms with Crippen LogP contribution in [0.2, 0.25) is 0 Å². The van der Waals surface area contributed by atoms with E-state index in [0.29, 0.717) is 17.9 Å². The molecule has 1 heterocycles. The van der Waals surface area contributed by atoms with Crippen molar-refractivity contribution < 1.29 is 19.4 Å². The predicted molar refractivity (Wildman–Crippen MR) is 73.8 cm³/mol. The highest BCUT2D eigenvalue weighted by Gasteiger charge is 2.58. The van der Waals surface area contributed by atoms with Crippen molar-refractivity contribution in [1.29, 1.82) is 0 Å². The van der Waals surface area contributed by atoms with Crippen molar-refractivity contribution in [3.63, 3.8) is 0 Å². The summed E-state index contributed by atoms with van der Waals surface area (Å²) in [6.45, 7) is 6.76. The molecule has 4 atom stereocenters. The summed E-state index contributed by atoms with van der Waals surface area (Å²) < 4.78 is 10.7. The Morgan fingerprint density at radius 2 is 2.00 bits per heavy atom. The van der Waals surface area contributed by atoms with Gasteiger partial charge < -0.3 is 14.6 Å². The maximum atomic E-state index is 12.0. The summed E-state index contributed by atoms with van der Waals surface area (Å²) in [5, 5.41) is 10.4. The third-order valence-corrected chi connectivity index (χ3v) is 5.81. The van der Waals surface area contributed by atoms with Gasteiger partial charge in [0, 0.05) is 12.7 Å². The maximum absolute atomic E-state index is 12.0. The number of carbonyl (C=O) groups is 1. The van der Waals surface area contributed by atoms with Crippen LogP contribution in [-0.2, 0) is 14.3 Å². The zero-order valence-electron chi connectivity index (χ0n) is 12.7. The molecule has 112 valence electrons. The van der Waals surface area contributed by atoms with Crippen LogP contribution >= 0.6 is 0 Å². The van der Waals surface area contributed by atoms with Gasteiger partial charge in [0.05, 0.1) is 11.7 Å². The van der Waals surface area contributed by atoms with E-state index in [0.717, 1.165) is 24.8 Å². The van der Waals surface area contributed by atoms with Gasteiger partial charge in [-0.1, -0.05) is 27.2 Å². The number of carbonyl (C=O) groups excluding carboxylic acids is 1. The summed E-state index contributed by atoms with van der Waals surface area (Å²) in [5.41, 5.74) is 1.43. The lowest BCUT2D eigenvalue weighted by molar-refractivity contribution is -0.158. The molecule has 0 radical (unpaired) electrons. The molecule has 3 aliphatic rings. The van der Waals surface area contributed by atoms with Crippen molar-refractivity contribution in [2.45, 2.75) is 58.8 Å². The number of cyclic esters (lactones) is 1. The Morgan fingerprint density at radius 1 is 1.30 bits per heavy atom. The van der Waals surface area contributed by atoms with Crippen LogP contribution in [0.1, 0.15) is 46.5 Å². The molecule has 0 spiro atoms. The first-order chi connectivity index (χ1) is 9.31. The van der Waals surface area contributed by atoms with E-state index >= 15 is 0 Å². The molecule has 4 unspecified atom stereocenters. The molecule has 0 aromatic heterocycles. The molecule has 1 saturated carbocycles. The summed E-state index contributed by atoms with van der Waals surface area (Å²) in [6.07, 6.45) is 2.64. The highest BCUT2D eigenvalue weighted by molar-refractivity contribution is 5.94. The number of methoxy groups -OCH3 is 1. The minimum Gasteiger partial charge on any atom is -0.428 e. The maximum Gasteiger partial charge on any atom is 0.339 e. The Labute approximate surface area is 120 Å². The second-order valence-corrected chi connectivity index (χ2v) is 7.36. The molecule has 0 bridgehead atoms. The predicted octanol–water partition coefficient (Wildman–Crippen LogP) is 2.41. The second kappa shape index (κ2) is 4.31. The first kappa shape index (κ1) is 14.1. The SMILES string of the molecule is COC1OC(=O)C2=C1C1(C)CCCC(C)(C)C1CC2O. The molecular formula is C16H24O4. The largest absolute Gasteiger partial charge is 0.428 e. The van der Waals surface area contributed by atoms with E-state index in [4.69, 9.17) is 9.47 Å². The number of hydrogen-bond donors (Lipinski definition) is 1. The minimum atomic E-state index is -0.715. The Balaban J connectivity index is 2.14. The average Bonchev–Trinajstić information content (AvgIpc) is 2.71. The zero-order valence-corrected chi connectivity index (χ0v) is 12.7. The monoisotopic (exact) mass is 280 g/mol. The topological polar surface area (TPSA) is 55.8 Å². The smallest absolute Gasteiger partial charge is 0.339 e. The van der Waals surface area contributed by atoms with Gasteiger partial charge in [-0.3, -0.25) is 0 Å². The first-order valence-electron chi connectivity index (χ1n) is 7.47. The van der Waals surface area contributed by atoms with Gasteiger partial charge in [-0.15, -0.1) is 0 Å². The van der Waals surface area contributed by atoms with E-state index in [2.05, 4.69) is 20.8 Å². The number of rotatable bonds is 1. The van der Waals surface area contributed by atoms with Crippen LogP contribution in [-0.4, -0.2) is 30.6 Å². The van der Waals surface area contributed by atoms with Gasteiger partial charge in [-0.05, 0) is 36.0 Å². The lowest BCUT2D eigenvalue weighted by atomic mass is 9.50. The Morgan fingerprint density at radius 3 is 2.65 bits per heavy atom. The van der Waals surface area contributed by atoms with Crippen molar-refractivity contribution in [2.75, 3.05) is 7.11 Å². The van der Waals surface area contributed by atoms with Crippen LogP contribution < -0.4 is 0 Å². The number of hydrogen-bond acceptors (Lipinski definition) is 4. The van der Waals surface area contributed by atoms with Crippen molar-refractivity contribution >= 4 is 5.97 Å². The quantitative estimate of drug-likeness (QED) is 0.749. The molecule has 20 heavy (non-hydrogen) atoms. The van der Waals surface area contributed by atoms with E-state index in [9.17, 15) is 9.90 Å². The molecule has 1 fully saturated rings. The van der Waals surface area contributed by atoms with Crippen molar-refractivity contribution in [3.8, 4) is 0 Å². The van der Waals surface area contributed by atoms with Gasteiger partial charge in [0.1, 0.15) is 0 Å². The van der Waals surface area contributed by atoms with Gasteiger partial charge in [0.2, 0.25) is 6.29 Å². The van der Waals surface area contributed by atoms with Gasteiger partial charge in [0.15, 0.2) is 0 Å². The lowest BCUT2D eigenvalue weighted by Gasteiger charge is -2.54. The Kier molecular flexibility index (Phi) is 3.04. The third kappa shape index (κ3) is 1.70. The summed E-state index contributed by atoms with van der Waals surface area (Å²) in [5.74, 6) is -0.0490. The van der Waals surface area contributed by atoms with E-state index in [1.54, 1.807) is 7.11 Å². The number of ether oxygens (including phenoxy) is 2. The minimum absolute atomic E-state index is 0.108. The summed E-state index contributed by atoms with van der Waals surface area (Å²) in [7, 11) is 1.56. The van der Waals surface area contributed by atoms with E-state index in [1.807, 2.05) is 0 Å². The van der Waals surface area contributed by atoms with Crippen molar-refractivity contribution in [1.82, 2.24) is 0 Å². The number of esters is 1. The fourth-order valence-corrected chi connectivity index (χ4v) is 4.88. The van der Waals surface area contributed by atoms with Crippen molar-refractivity contribution in [2.24, 2.45) is 16.7 Å². The summed E-state index contributed by atoms with van der Waals surface area (Å²) >= 11 is 0. The number of aliphatic hydroxyl groups is 1. The van der Waals surface area contributed by atoms with Crippen LogP contribution in [0.15, 0.2) is 11.1 Å². The Hall–Kier alpha value is -0.870. The Bertz CT molecular complexity index is 479. The van der Waals surface area contributed by atoms with Crippen LogP contribution in [0.5, 0.6) is 0 Å². The van der Waals surface area contributed by atoms with E-state index in [1.165, 1.54) is 0 Å². The number of aliphatic hydroxyl groups excluding tert-OH is 1. The van der Waals surface area contributed by atoms with Gasteiger partial charge in [-0.25, -0.2) is 4.79 Å². The standard InChI is InChI=1S/C16H24O4/c1-15(2)6-5-7-16(3)10(15)8-9(17)11-12(16)14(19-4)20-13(11)18/h9-10,14,17H,5-8H2,1-4H3. The average molecular weight is 280 g/mol. The highest BCUT2D eigenvalue weighted by atomic mass is 16.7. The molecule has 1 N–H and O–H groups in total. The molecule has 3 rings (SSSR count). The molecule has 0 amide bonds. The fourth-order valence-electron chi connectivity index (χ4n) is 4.88. The zero-order chi connectivity index (χ0) is 14.7. The van der Waals surface area contributed by atoms with Crippen LogP contribution in [0.3, 0.4) is 0 Å². The molecule has 0 saturated heterocycles. The van der Waals surface area contributed by atoms with E-state index in [-0.39, 0.29) is 10.8 Å². The third-order valence-electron chi connectivity index (χ3n) is 5.81. The normalized spacial score (nSPS) is 43.0. The fraction of sp³-hybridized carbons (Fsp3) is 0.812. The number of fused-ring (bicyclic) bond motifs is 2. The van der Waals surface area contributed by atoms with Crippen molar-refractivity contribution in [3.05, 3.63) is 11.1 Å². The van der Waals surface area contributed by atoms with Gasteiger partial charge in [-0.2, -0.15) is 0 Å². The molecule has 2 aliphatic carbocycles. The summed E-state index contributed by atoms with van der Waals surface area (Å²) in [6, 6.07) is 0. The van der Waals surface area contributed by atoms with Gasteiger partial charge >= 0.3 is 5.97 Å². The lowest BCUT2D eigenvalue weighted by Crippen LogP contribution is -2.50. The summed E-state index contributed by atoms with van der Waals surface area (Å²) in [4.78, 5) is 12.0. The van der Waals surface area contributed by atoms with Crippen LogP contribution in [0.25, 0.3) is 0 Å². The molecule has 4 nitrogen and oxygen atoms in total. The molecule has 4 heteroatoms. The van der Waals surface area contributed by atoms with Crippen LogP contribution in [0, 0.1) is 16.7 Å². The van der Waals surface area contributed by atoms with Gasteiger partial charge in [0.25, 0.3) is 0 Å². The highest BCUT2D eigenvalue weighted by Crippen LogP contribution is 2.61. The molecular weight excluding hydrogens is 256 g/mol. The molecule has 0 aromatic rings. The molecule has 0 aromatic carbocycles. The van der Waals surface area contributed by atoms with E-state index < -0.39 is 18.4 Å². The second-order valence-electron chi connectivity index (χ2n) is 7.36.